The van der Waals surface area contributed by atoms with Crippen LogP contribution in [0.1, 0.15) is 22.5 Å². The van der Waals surface area contributed by atoms with Gasteiger partial charge in [0.05, 0.1) is 19.2 Å². The van der Waals surface area contributed by atoms with Crippen molar-refractivity contribution >= 4 is 23.4 Å². The number of aromatic nitrogens is 2. The summed E-state index contributed by atoms with van der Waals surface area (Å²) < 4.78 is 8.37. The van der Waals surface area contributed by atoms with Crippen molar-refractivity contribution in [1.29, 1.82) is 0 Å². The number of nitrogens with zero attached hydrogens (tertiary/aromatic N) is 3. The Morgan fingerprint density at radius 3 is 3.06 bits per heavy atom. The first kappa shape index (κ1) is 12.0. The van der Waals surface area contributed by atoms with Crippen LogP contribution in [0, 0.1) is 5.92 Å². The topological polar surface area (TPSA) is 72.4 Å². The first-order valence-corrected chi connectivity index (χ1v) is 6.14. The Kier molecular flexibility index (Phi) is 3.68. The molecule has 0 unspecified atom stereocenters. The highest BCUT2D eigenvalue weighted by Gasteiger charge is 2.30. The standard InChI is InChI=1S/C10H13N3O3S/c1-16-10(15)7-3-2-4-13(6-7)9(14)8-5-11-12-17-8/h5,7H,2-4,6H2,1H3/t7-/m0/s1. The summed E-state index contributed by atoms with van der Waals surface area (Å²) in [5.41, 5.74) is 0. The summed E-state index contributed by atoms with van der Waals surface area (Å²) in [5.74, 6) is -0.558. The van der Waals surface area contributed by atoms with E-state index in [1.165, 1.54) is 13.3 Å². The van der Waals surface area contributed by atoms with Crippen molar-refractivity contribution in [3.63, 3.8) is 0 Å². The van der Waals surface area contributed by atoms with Crippen LogP contribution >= 0.6 is 11.5 Å². The van der Waals surface area contributed by atoms with Crippen LogP contribution in [-0.4, -0.2) is 46.6 Å². The second kappa shape index (κ2) is 5.22. The van der Waals surface area contributed by atoms with Crippen LogP contribution in [0.15, 0.2) is 6.20 Å². The summed E-state index contributed by atoms with van der Waals surface area (Å²) >= 11 is 1.07. The van der Waals surface area contributed by atoms with E-state index in [-0.39, 0.29) is 17.8 Å². The van der Waals surface area contributed by atoms with E-state index in [9.17, 15) is 9.59 Å². The van der Waals surface area contributed by atoms with Crippen molar-refractivity contribution < 1.29 is 14.3 Å². The van der Waals surface area contributed by atoms with E-state index >= 15 is 0 Å². The Hall–Kier alpha value is -1.50. The zero-order valence-electron chi connectivity index (χ0n) is 9.46. The van der Waals surface area contributed by atoms with Crippen molar-refractivity contribution in [2.24, 2.45) is 5.92 Å². The van der Waals surface area contributed by atoms with Gasteiger partial charge < -0.3 is 9.64 Å². The van der Waals surface area contributed by atoms with Gasteiger partial charge in [0.25, 0.3) is 5.91 Å². The number of amides is 1. The lowest BCUT2D eigenvalue weighted by atomic mass is 9.98. The van der Waals surface area contributed by atoms with Gasteiger partial charge in [-0.25, -0.2) is 0 Å². The van der Waals surface area contributed by atoms with Gasteiger partial charge in [-0.05, 0) is 24.4 Å². The maximum atomic E-state index is 12.0. The molecule has 0 radical (unpaired) electrons. The van der Waals surface area contributed by atoms with Crippen molar-refractivity contribution in [2.75, 3.05) is 20.2 Å². The summed E-state index contributed by atoms with van der Waals surface area (Å²) in [6.45, 7) is 1.09. The number of hydrogen-bond acceptors (Lipinski definition) is 6. The molecule has 0 aliphatic carbocycles. The molecule has 17 heavy (non-hydrogen) atoms. The molecule has 1 aliphatic rings. The third kappa shape index (κ3) is 2.60. The SMILES string of the molecule is COC(=O)[C@H]1CCCN(C(=O)c2cnns2)C1. The van der Waals surface area contributed by atoms with E-state index in [1.54, 1.807) is 4.90 Å². The minimum Gasteiger partial charge on any atom is -0.469 e. The molecule has 2 heterocycles. The Morgan fingerprint density at radius 2 is 2.41 bits per heavy atom. The summed E-state index contributed by atoms with van der Waals surface area (Å²) in [6, 6.07) is 0. The van der Waals surface area contributed by atoms with Crippen molar-refractivity contribution in [3.8, 4) is 0 Å². The predicted molar refractivity (Wildman–Crippen MR) is 60.6 cm³/mol. The van der Waals surface area contributed by atoms with Gasteiger partial charge in [-0.1, -0.05) is 4.49 Å². The Balaban J connectivity index is 2.02. The lowest BCUT2D eigenvalue weighted by molar-refractivity contribution is -0.146. The molecule has 0 aromatic carbocycles. The van der Waals surface area contributed by atoms with Gasteiger partial charge in [-0.2, -0.15) is 0 Å². The summed E-state index contributed by atoms with van der Waals surface area (Å²) in [6.07, 6.45) is 3.05. The third-order valence-electron chi connectivity index (χ3n) is 2.82. The fraction of sp³-hybridized carbons (Fsp3) is 0.600. The van der Waals surface area contributed by atoms with E-state index in [4.69, 9.17) is 4.74 Å². The monoisotopic (exact) mass is 255 g/mol. The number of esters is 1. The summed E-state index contributed by atoms with van der Waals surface area (Å²) in [7, 11) is 1.37. The van der Waals surface area contributed by atoms with Crippen LogP contribution in [0.5, 0.6) is 0 Å². The fourth-order valence-corrected chi connectivity index (χ4v) is 2.42. The van der Waals surface area contributed by atoms with Gasteiger partial charge in [0.15, 0.2) is 0 Å². The second-order valence-corrected chi connectivity index (χ2v) is 4.68. The first-order valence-electron chi connectivity index (χ1n) is 5.37. The van der Waals surface area contributed by atoms with Crippen LogP contribution in [0.25, 0.3) is 0 Å². The maximum Gasteiger partial charge on any atom is 0.310 e. The molecule has 1 aromatic heterocycles. The lowest BCUT2D eigenvalue weighted by Crippen LogP contribution is -2.42. The number of carbonyl (C=O) groups is 2. The van der Waals surface area contributed by atoms with E-state index in [0.717, 1.165) is 24.4 Å². The van der Waals surface area contributed by atoms with E-state index in [2.05, 4.69) is 9.59 Å². The van der Waals surface area contributed by atoms with Gasteiger partial charge in [0, 0.05) is 13.1 Å². The third-order valence-corrected chi connectivity index (χ3v) is 3.47. The lowest BCUT2D eigenvalue weighted by Gasteiger charge is -2.30. The number of hydrogen-bond donors (Lipinski definition) is 0. The van der Waals surface area contributed by atoms with Crippen LogP contribution in [-0.2, 0) is 9.53 Å². The predicted octanol–water partition coefficient (Wildman–Crippen LogP) is 0.563. The number of methoxy groups -OCH3 is 1. The average Bonchev–Trinajstić information content (AvgIpc) is 2.91. The molecular formula is C10H13N3O3S. The molecule has 1 amide bonds. The molecule has 1 aromatic rings. The molecule has 1 fully saturated rings. The quantitative estimate of drug-likeness (QED) is 0.722. The van der Waals surface area contributed by atoms with E-state index in [1.807, 2.05) is 0 Å². The minimum atomic E-state index is -0.245. The second-order valence-electron chi connectivity index (χ2n) is 3.90. The number of ether oxygens (including phenoxy) is 1. The van der Waals surface area contributed by atoms with Gasteiger partial charge >= 0.3 is 5.97 Å². The van der Waals surface area contributed by atoms with Crippen molar-refractivity contribution in [1.82, 2.24) is 14.5 Å². The molecule has 0 spiro atoms. The largest absolute Gasteiger partial charge is 0.469 e. The molecule has 7 heteroatoms. The molecule has 0 saturated carbocycles. The molecular weight excluding hydrogens is 242 g/mol. The fourth-order valence-electron chi connectivity index (χ4n) is 1.94. The molecule has 0 N–H and O–H groups in total. The van der Waals surface area contributed by atoms with Crippen LogP contribution in [0.2, 0.25) is 0 Å². The normalized spacial score (nSPS) is 20.1. The number of piperidine rings is 1. The first-order chi connectivity index (χ1) is 8.22. The molecule has 2 rings (SSSR count). The molecule has 1 aliphatic heterocycles. The van der Waals surface area contributed by atoms with Crippen LogP contribution in [0.3, 0.4) is 0 Å². The Labute approximate surface area is 103 Å². The van der Waals surface area contributed by atoms with Gasteiger partial charge in [0.1, 0.15) is 4.88 Å². The molecule has 6 nitrogen and oxygen atoms in total. The van der Waals surface area contributed by atoms with Gasteiger partial charge in [-0.3, -0.25) is 9.59 Å². The molecule has 0 bridgehead atoms. The Morgan fingerprint density at radius 1 is 1.59 bits per heavy atom. The molecule has 1 atom stereocenters. The van der Waals surface area contributed by atoms with Crippen molar-refractivity contribution in [2.45, 2.75) is 12.8 Å². The van der Waals surface area contributed by atoms with Crippen LogP contribution < -0.4 is 0 Å². The highest BCUT2D eigenvalue weighted by atomic mass is 32.1. The number of carbonyl (C=O) groups excluding carboxylic acids is 2. The van der Waals surface area contributed by atoms with Gasteiger partial charge in [-0.15, -0.1) is 5.10 Å². The van der Waals surface area contributed by atoms with E-state index in [0.29, 0.717) is 18.0 Å². The smallest absolute Gasteiger partial charge is 0.310 e. The van der Waals surface area contributed by atoms with Gasteiger partial charge in [0.2, 0.25) is 0 Å². The summed E-state index contributed by atoms with van der Waals surface area (Å²) in [5, 5.41) is 3.64. The summed E-state index contributed by atoms with van der Waals surface area (Å²) in [4.78, 5) is 25.6. The molecule has 92 valence electrons. The van der Waals surface area contributed by atoms with E-state index < -0.39 is 0 Å². The highest BCUT2D eigenvalue weighted by molar-refractivity contribution is 7.07. The zero-order valence-corrected chi connectivity index (χ0v) is 10.3. The molecule has 1 saturated heterocycles. The maximum absolute atomic E-state index is 12.0. The number of likely N-dealkylation sites (tertiary alicyclic amines) is 1. The van der Waals surface area contributed by atoms with Crippen LogP contribution in [0.4, 0.5) is 0 Å². The average molecular weight is 255 g/mol. The zero-order chi connectivity index (χ0) is 12.3. The van der Waals surface area contributed by atoms with Crippen molar-refractivity contribution in [3.05, 3.63) is 11.1 Å². The minimum absolute atomic E-state index is 0.103. The Bertz CT molecular complexity index is 407. The number of rotatable bonds is 2. The highest BCUT2D eigenvalue weighted by Crippen LogP contribution is 2.20.